The zero-order valence-corrected chi connectivity index (χ0v) is 17.6. The lowest BCUT2D eigenvalue weighted by atomic mass is 9.72. The quantitative estimate of drug-likeness (QED) is 0.575. The maximum Gasteiger partial charge on any atom is 0.252 e. The highest BCUT2D eigenvalue weighted by atomic mass is 19.1. The minimum atomic E-state index is -0.997. The second kappa shape index (κ2) is 8.44. The molecule has 1 aromatic heterocycles. The summed E-state index contributed by atoms with van der Waals surface area (Å²) in [7, 11) is 0. The number of hydrazine groups is 1. The fourth-order valence-electron chi connectivity index (χ4n) is 4.85. The number of dihydropyridines is 1. The third-order valence-corrected chi connectivity index (χ3v) is 6.27. The van der Waals surface area contributed by atoms with E-state index in [1.165, 1.54) is 18.3 Å². The van der Waals surface area contributed by atoms with Crippen molar-refractivity contribution >= 4 is 11.6 Å². The molecule has 1 N–H and O–H groups in total. The van der Waals surface area contributed by atoms with Crippen LogP contribution >= 0.6 is 0 Å². The van der Waals surface area contributed by atoms with Gasteiger partial charge in [0.05, 0.1) is 24.3 Å². The third kappa shape index (κ3) is 3.69. The van der Waals surface area contributed by atoms with Gasteiger partial charge < -0.3 is 10.1 Å². The van der Waals surface area contributed by atoms with E-state index in [2.05, 4.69) is 10.3 Å². The van der Waals surface area contributed by atoms with Gasteiger partial charge in [-0.1, -0.05) is 24.3 Å². The second-order valence-electron chi connectivity index (χ2n) is 8.27. The number of halogens is 2. The number of hydrogen-bond acceptors (Lipinski definition) is 5. The van der Waals surface area contributed by atoms with Gasteiger partial charge in [-0.05, 0) is 53.8 Å². The molecule has 0 saturated carbocycles. The van der Waals surface area contributed by atoms with Crippen molar-refractivity contribution in [3.05, 3.63) is 83.3 Å². The number of nitrogens with one attached hydrogen (secondary N) is 1. The van der Waals surface area contributed by atoms with Crippen molar-refractivity contribution in [1.29, 1.82) is 0 Å². The molecule has 5 rings (SSSR count). The molecule has 0 spiro atoms. The van der Waals surface area contributed by atoms with Crippen LogP contribution in [0.25, 0.3) is 0 Å². The molecule has 4 heterocycles. The number of para-hydroxylation sites is 1. The van der Waals surface area contributed by atoms with Crippen LogP contribution in [0.4, 0.5) is 14.5 Å². The van der Waals surface area contributed by atoms with Crippen LogP contribution in [0.3, 0.4) is 0 Å². The molecule has 1 amide bonds. The Labute approximate surface area is 185 Å². The molecule has 0 aliphatic carbocycles. The van der Waals surface area contributed by atoms with E-state index in [1.54, 1.807) is 11.1 Å². The average molecular weight is 438 g/mol. The molecule has 3 aliphatic heterocycles. The summed E-state index contributed by atoms with van der Waals surface area (Å²) in [5.74, 6) is -1.10. The first-order valence-electron chi connectivity index (χ1n) is 10.7. The molecule has 8 heteroatoms. The number of benzene rings is 1. The first-order chi connectivity index (χ1) is 15.6. The number of aromatic nitrogens is 1. The number of ether oxygens (including phenoxy) is 1. The van der Waals surface area contributed by atoms with Crippen molar-refractivity contribution in [1.82, 2.24) is 15.3 Å². The molecule has 32 heavy (non-hydrogen) atoms. The van der Waals surface area contributed by atoms with Crippen LogP contribution in [0, 0.1) is 5.95 Å². The largest absolute Gasteiger partial charge is 0.379 e. The van der Waals surface area contributed by atoms with E-state index >= 15 is 0 Å². The van der Waals surface area contributed by atoms with Crippen LogP contribution in [0.1, 0.15) is 17.5 Å². The lowest BCUT2D eigenvalue weighted by Gasteiger charge is -2.37. The van der Waals surface area contributed by atoms with Crippen LogP contribution in [0.2, 0.25) is 0 Å². The van der Waals surface area contributed by atoms with Gasteiger partial charge in [0.25, 0.3) is 5.91 Å². The number of morpholine rings is 1. The molecule has 3 aliphatic rings. The molecule has 1 saturated heterocycles. The van der Waals surface area contributed by atoms with Crippen molar-refractivity contribution < 1.29 is 18.3 Å². The smallest absolute Gasteiger partial charge is 0.252 e. The Morgan fingerprint density at radius 2 is 1.94 bits per heavy atom. The predicted octanol–water partition coefficient (Wildman–Crippen LogP) is 3.03. The van der Waals surface area contributed by atoms with Gasteiger partial charge >= 0.3 is 0 Å². The van der Waals surface area contributed by atoms with Crippen molar-refractivity contribution in [2.24, 2.45) is 0 Å². The summed E-state index contributed by atoms with van der Waals surface area (Å²) in [6, 6.07) is 10.8. The molecule has 1 atom stereocenters. The Morgan fingerprint density at radius 1 is 1.12 bits per heavy atom. The summed E-state index contributed by atoms with van der Waals surface area (Å²) in [5, 5.41) is 6.39. The number of nitrogens with zero attached hydrogens (tertiary/aromatic N) is 3. The maximum atomic E-state index is 14.2. The summed E-state index contributed by atoms with van der Waals surface area (Å²) in [6.07, 6.45) is 5.33. The Morgan fingerprint density at radius 3 is 2.72 bits per heavy atom. The number of amides is 1. The van der Waals surface area contributed by atoms with Crippen molar-refractivity contribution in [2.45, 2.75) is 18.3 Å². The number of carbonyl (C=O) groups is 1. The number of allylic oxidation sites excluding steroid dienone is 2. The van der Waals surface area contributed by atoms with E-state index in [0.29, 0.717) is 44.8 Å². The van der Waals surface area contributed by atoms with Gasteiger partial charge in [-0.15, -0.1) is 0 Å². The Balaban J connectivity index is 1.62. The molecule has 0 bridgehead atoms. The number of hydrogen-bond donors (Lipinski definition) is 1. The molecule has 2 aromatic rings. The van der Waals surface area contributed by atoms with E-state index in [9.17, 15) is 13.6 Å². The first kappa shape index (κ1) is 20.8. The van der Waals surface area contributed by atoms with Gasteiger partial charge in [0.2, 0.25) is 5.95 Å². The number of anilines is 1. The number of pyridine rings is 1. The molecule has 0 radical (unpaired) electrons. The van der Waals surface area contributed by atoms with E-state index < -0.39 is 17.3 Å². The van der Waals surface area contributed by atoms with E-state index in [0.717, 1.165) is 16.8 Å². The topological polar surface area (TPSA) is 57.7 Å². The third-order valence-electron chi connectivity index (χ3n) is 6.27. The molecule has 1 aromatic carbocycles. The minimum absolute atomic E-state index is 0.0916. The predicted molar refractivity (Wildman–Crippen MR) is 116 cm³/mol. The standard InChI is InChI=1S/C24H24F2N4O2/c25-21-13-17(5-7-27-21)15-24(16-18-6-8-28-22(26)14-18)19-3-1-2-4-20(19)30(23(24)31)29-9-11-32-12-10-29/h1-7,13-14,28H,8-12,15-16H2. The van der Waals surface area contributed by atoms with Crippen LogP contribution in [-0.2, 0) is 21.4 Å². The van der Waals surface area contributed by atoms with E-state index in [1.807, 2.05) is 35.4 Å². The summed E-state index contributed by atoms with van der Waals surface area (Å²) in [6.45, 7) is 2.64. The van der Waals surface area contributed by atoms with Crippen molar-refractivity contribution in [3.63, 3.8) is 0 Å². The highest BCUT2D eigenvalue weighted by Crippen LogP contribution is 2.48. The fraction of sp³-hybridized carbons (Fsp3) is 0.333. The SMILES string of the molecule is O=C1N(N2CCOCC2)c2ccccc2C1(CC1=CCNC(F)=C1)Cc1ccnc(F)c1. The molecule has 6 nitrogen and oxygen atoms in total. The number of rotatable bonds is 5. The molecular formula is C24H24F2N4O2. The van der Waals surface area contributed by atoms with E-state index in [-0.39, 0.29) is 12.3 Å². The van der Waals surface area contributed by atoms with Crippen LogP contribution in [0.15, 0.2) is 66.3 Å². The van der Waals surface area contributed by atoms with Gasteiger partial charge in [0, 0.05) is 25.8 Å². The van der Waals surface area contributed by atoms with Gasteiger partial charge in [0.15, 0.2) is 5.95 Å². The Hall–Kier alpha value is -3.10. The van der Waals surface area contributed by atoms with Gasteiger partial charge in [-0.25, -0.2) is 15.0 Å². The summed E-state index contributed by atoms with van der Waals surface area (Å²) < 4.78 is 33.4. The monoisotopic (exact) mass is 438 g/mol. The van der Waals surface area contributed by atoms with Gasteiger partial charge in [-0.2, -0.15) is 8.78 Å². The van der Waals surface area contributed by atoms with Crippen LogP contribution in [-0.4, -0.2) is 48.7 Å². The van der Waals surface area contributed by atoms with E-state index in [4.69, 9.17) is 4.74 Å². The average Bonchev–Trinajstić information content (AvgIpc) is 3.02. The normalized spacial score (nSPS) is 23.4. The Kier molecular flexibility index (Phi) is 5.48. The highest BCUT2D eigenvalue weighted by molar-refractivity contribution is 6.08. The summed E-state index contributed by atoms with van der Waals surface area (Å²) in [4.78, 5) is 17.9. The number of carbonyl (C=O) groups excluding carboxylic acids is 1. The number of fused-ring (bicyclic) bond motifs is 1. The molecule has 166 valence electrons. The minimum Gasteiger partial charge on any atom is -0.379 e. The molecule has 1 fully saturated rings. The van der Waals surface area contributed by atoms with Gasteiger partial charge in [-0.3, -0.25) is 4.79 Å². The lowest BCUT2D eigenvalue weighted by Crippen LogP contribution is -2.54. The zero-order chi connectivity index (χ0) is 22.1. The maximum absolute atomic E-state index is 14.2. The summed E-state index contributed by atoms with van der Waals surface area (Å²) in [5.41, 5.74) is 2.09. The first-order valence-corrected chi connectivity index (χ1v) is 10.7. The fourth-order valence-corrected chi connectivity index (χ4v) is 4.85. The summed E-state index contributed by atoms with van der Waals surface area (Å²) >= 11 is 0. The van der Waals surface area contributed by atoms with Crippen LogP contribution in [0.5, 0.6) is 0 Å². The zero-order valence-electron chi connectivity index (χ0n) is 17.6. The van der Waals surface area contributed by atoms with Crippen LogP contribution < -0.4 is 10.3 Å². The lowest BCUT2D eigenvalue weighted by molar-refractivity contribution is -0.127. The highest BCUT2D eigenvalue weighted by Gasteiger charge is 2.52. The molecule has 1 unspecified atom stereocenters. The Bertz CT molecular complexity index is 1100. The molecular weight excluding hydrogens is 414 g/mol. The van der Waals surface area contributed by atoms with Crippen molar-refractivity contribution in [2.75, 3.05) is 37.9 Å². The van der Waals surface area contributed by atoms with Gasteiger partial charge in [0.1, 0.15) is 0 Å². The second-order valence-corrected chi connectivity index (χ2v) is 8.27. The van der Waals surface area contributed by atoms with Crippen molar-refractivity contribution in [3.8, 4) is 0 Å².